The highest BCUT2D eigenvalue weighted by Crippen LogP contribution is 2.28. The molecular weight excluding hydrogens is 328 g/mol. The van der Waals surface area contributed by atoms with Crippen LogP contribution in [0.3, 0.4) is 0 Å². The van der Waals surface area contributed by atoms with Crippen molar-refractivity contribution < 1.29 is 14.4 Å². The number of hydrogen-bond donors (Lipinski definition) is 0. The zero-order chi connectivity index (χ0) is 18.5. The fourth-order valence-electron chi connectivity index (χ4n) is 3.14. The van der Waals surface area contributed by atoms with Crippen molar-refractivity contribution in [2.75, 3.05) is 4.90 Å². The summed E-state index contributed by atoms with van der Waals surface area (Å²) < 4.78 is 0. The summed E-state index contributed by atoms with van der Waals surface area (Å²) in [6.07, 6.45) is 2.10. The monoisotopic (exact) mass is 350 g/mol. The number of barbiturate groups is 1. The van der Waals surface area contributed by atoms with Gasteiger partial charge in [-0.15, -0.1) is 0 Å². The summed E-state index contributed by atoms with van der Waals surface area (Å²) in [7, 11) is 0. The average molecular weight is 350 g/mol. The molecule has 1 unspecified atom stereocenters. The number of imide groups is 2. The minimum atomic E-state index is -0.809. The van der Waals surface area contributed by atoms with Crippen molar-refractivity contribution in [2.45, 2.75) is 32.7 Å². The van der Waals surface area contributed by atoms with Gasteiger partial charge in [0.2, 0.25) is 11.8 Å². The van der Waals surface area contributed by atoms with Gasteiger partial charge < -0.3 is 0 Å². The molecule has 5 heteroatoms. The van der Waals surface area contributed by atoms with Crippen LogP contribution in [-0.4, -0.2) is 22.7 Å². The Hall–Kier alpha value is -2.95. The first kappa shape index (κ1) is 17.9. The van der Waals surface area contributed by atoms with Crippen LogP contribution in [0.1, 0.15) is 31.7 Å². The van der Waals surface area contributed by atoms with Gasteiger partial charge in [0.15, 0.2) is 0 Å². The standard InChI is InChI=1S/C21H22N2O3/c1-2-3-14-18-19(24)22(15-16-10-6-4-7-11-16)21(26)23(20(18)25)17-12-8-5-9-13-17/h4-13,18H,2-3,14-15H2,1H3. The molecule has 134 valence electrons. The Morgan fingerprint density at radius 1 is 0.846 bits per heavy atom. The quantitative estimate of drug-likeness (QED) is 0.740. The van der Waals surface area contributed by atoms with E-state index < -0.39 is 23.8 Å². The number of rotatable bonds is 6. The van der Waals surface area contributed by atoms with Crippen LogP contribution in [-0.2, 0) is 16.1 Å². The van der Waals surface area contributed by atoms with E-state index in [1.54, 1.807) is 24.3 Å². The topological polar surface area (TPSA) is 57.7 Å². The van der Waals surface area contributed by atoms with Crippen LogP contribution in [0.4, 0.5) is 10.5 Å². The number of carbonyl (C=O) groups excluding carboxylic acids is 3. The van der Waals surface area contributed by atoms with E-state index >= 15 is 0 Å². The number of urea groups is 1. The zero-order valence-electron chi connectivity index (χ0n) is 14.8. The number of para-hydroxylation sites is 1. The summed E-state index contributed by atoms with van der Waals surface area (Å²) in [5, 5.41) is 0. The van der Waals surface area contributed by atoms with Crippen LogP contribution in [0, 0.1) is 5.92 Å². The number of hydrogen-bond acceptors (Lipinski definition) is 3. The van der Waals surface area contributed by atoms with E-state index in [0.717, 1.165) is 23.3 Å². The van der Waals surface area contributed by atoms with Crippen LogP contribution >= 0.6 is 0 Å². The molecule has 1 fully saturated rings. The minimum absolute atomic E-state index is 0.164. The molecule has 2 aromatic rings. The van der Waals surface area contributed by atoms with Crippen LogP contribution in [0.5, 0.6) is 0 Å². The van der Waals surface area contributed by atoms with E-state index in [-0.39, 0.29) is 6.54 Å². The molecule has 1 aliphatic rings. The van der Waals surface area contributed by atoms with Gasteiger partial charge in [-0.2, -0.15) is 0 Å². The first-order valence-corrected chi connectivity index (χ1v) is 8.91. The summed E-state index contributed by atoms with van der Waals surface area (Å²) in [5.41, 5.74) is 1.35. The average Bonchev–Trinajstić information content (AvgIpc) is 2.67. The molecule has 1 saturated heterocycles. The smallest absolute Gasteiger partial charge is 0.273 e. The van der Waals surface area contributed by atoms with E-state index in [9.17, 15) is 14.4 Å². The van der Waals surface area contributed by atoms with Crippen LogP contribution in [0.15, 0.2) is 60.7 Å². The number of carbonyl (C=O) groups is 3. The second kappa shape index (κ2) is 7.95. The Balaban J connectivity index is 1.95. The summed E-state index contributed by atoms with van der Waals surface area (Å²) in [4.78, 5) is 41.1. The van der Waals surface area contributed by atoms with Crippen molar-refractivity contribution in [1.82, 2.24) is 4.90 Å². The Morgan fingerprint density at radius 3 is 2.08 bits per heavy atom. The molecule has 0 saturated carbocycles. The Labute approximate surface area is 153 Å². The highest BCUT2D eigenvalue weighted by atomic mass is 16.2. The molecular formula is C21H22N2O3. The van der Waals surface area contributed by atoms with Gasteiger partial charge in [-0.1, -0.05) is 68.3 Å². The minimum Gasteiger partial charge on any atom is -0.273 e. The molecule has 0 aliphatic carbocycles. The predicted octanol–water partition coefficient (Wildman–Crippen LogP) is 3.99. The molecule has 1 atom stereocenters. The maximum Gasteiger partial charge on any atom is 0.338 e. The summed E-state index contributed by atoms with van der Waals surface area (Å²) >= 11 is 0. The van der Waals surface area contributed by atoms with Gasteiger partial charge in [-0.3, -0.25) is 14.5 Å². The molecule has 4 amide bonds. The zero-order valence-corrected chi connectivity index (χ0v) is 14.8. The molecule has 26 heavy (non-hydrogen) atoms. The largest absolute Gasteiger partial charge is 0.338 e. The van der Waals surface area contributed by atoms with Crippen LogP contribution < -0.4 is 4.90 Å². The lowest BCUT2D eigenvalue weighted by atomic mass is 9.96. The van der Waals surface area contributed by atoms with Gasteiger partial charge in [0, 0.05) is 0 Å². The fourth-order valence-corrected chi connectivity index (χ4v) is 3.14. The molecule has 0 radical (unpaired) electrons. The molecule has 2 aromatic carbocycles. The van der Waals surface area contributed by atoms with Crippen LogP contribution in [0.2, 0.25) is 0 Å². The van der Waals surface area contributed by atoms with Crippen molar-refractivity contribution in [3.8, 4) is 0 Å². The molecule has 0 N–H and O–H groups in total. The first-order valence-electron chi connectivity index (χ1n) is 8.91. The maximum atomic E-state index is 13.0. The Morgan fingerprint density at radius 2 is 1.46 bits per heavy atom. The van der Waals surface area contributed by atoms with Gasteiger partial charge in [0.1, 0.15) is 5.92 Å². The van der Waals surface area contributed by atoms with E-state index in [1.807, 2.05) is 43.3 Å². The Kier molecular flexibility index (Phi) is 5.46. The number of benzene rings is 2. The highest BCUT2D eigenvalue weighted by molar-refractivity contribution is 6.27. The number of unbranched alkanes of at least 4 members (excludes halogenated alkanes) is 1. The third kappa shape index (κ3) is 3.52. The number of amides is 4. The molecule has 5 nitrogen and oxygen atoms in total. The lowest BCUT2D eigenvalue weighted by Crippen LogP contribution is -2.59. The molecule has 0 aromatic heterocycles. The Bertz CT molecular complexity index is 789. The second-order valence-corrected chi connectivity index (χ2v) is 6.40. The van der Waals surface area contributed by atoms with E-state index in [1.165, 1.54) is 4.90 Å². The van der Waals surface area contributed by atoms with Gasteiger partial charge >= 0.3 is 6.03 Å². The predicted molar refractivity (Wildman–Crippen MR) is 99.3 cm³/mol. The van der Waals surface area contributed by atoms with Crippen molar-refractivity contribution in [3.05, 3.63) is 66.2 Å². The summed E-state index contributed by atoms with van der Waals surface area (Å²) in [6, 6.07) is 17.6. The first-order chi connectivity index (χ1) is 12.6. The van der Waals surface area contributed by atoms with Crippen LogP contribution in [0.25, 0.3) is 0 Å². The van der Waals surface area contributed by atoms with Gasteiger partial charge in [-0.25, -0.2) is 9.69 Å². The second-order valence-electron chi connectivity index (χ2n) is 6.40. The molecule has 0 bridgehead atoms. The van der Waals surface area contributed by atoms with E-state index in [0.29, 0.717) is 12.1 Å². The van der Waals surface area contributed by atoms with Gasteiger partial charge in [-0.05, 0) is 24.1 Å². The third-order valence-corrected chi connectivity index (χ3v) is 4.55. The van der Waals surface area contributed by atoms with Crippen molar-refractivity contribution in [2.24, 2.45) is 5.92 Å². The summed E-state index contributed by atoms with van der Waals surface area (Å²) in [6.45, 7) is 2.18. The van der Waals surface area contributed by atoms with Crippen molar-refractivity contribution in [3.63, 3.8) is 0 Å². The highest BCUT2D eigenvalue weighted by Gasteiger charge is 2.45. The normalized spacial score (nSPS) is 17.7. The fraction of sp³-hybridized carbons (Fsp3) is 0.286. The number of nitrogens with zero attached hydrogens (tertiary/aromatic N) is 2. The third-order valence-electron chi connectivity index (χ3n) is 4.55. The molecule has 3 rings (SSSR count). The van der Waals surface area contributed by atoms with Gasteiger partial charge in [0.25, 0.3) is 0 Å². The van der Waals surface area contributed by atoms with Crippen molar-refractivity contribution in [1.29, 1.82) is 0 Å². The SMILES string of the molecule is CCCCC1C(=O)N(Cc2ccccc2)C(=O)N(c2ccccc2)C1=O. The lowest BCUT2D eigenvalue weighted by Gasteiger charge is -2.37. The van der Waals surface area contributed by atoms with E-state index in [2.05, 4.69) is 0 Å². The molecule has 1 heterocycles. The maximum absolute atomic E-state index is 13.0. The van der Waals surface area contributed by atoms with Gasteiger partial charge in [0.05, 0.1) is 12.2 Å². The summed E-state index contributed by atoms with van der Waals surface area (Å²) in [5.74, 6) is -1.63. The lowest BCUT2D eigenvalue weighted by molar-refractivity contribution is -0.141. The molecule has 1 aliphatic heterocycles. The number of anilines is 1. The van der Waals surface area contributed by atoms with E-state index in [4.69, 9.17) is 0 Å². The van der Waals surface area contributed by atoms with Crippen molar-refractivity contribution >= 4 is 23.5 Å². The molecule has 0 spiro atoms.